The molecule has 0 aliphatic carbocycles. The maximum atomic E-state index is 12.4. The van der Waals surface area contributed by atoms with Crippen LogP contribution < -0.4 is 10.3 Å². The van der Waals surface area contributed by atoms with E-state index in [9.17, 15) is 8.42 Å². The van der Waals surface area contributed by atoms with Crippen LogP contribution in [-0.4, -0.2) is 21.2 Å². The fourth-order valence-corrected chi connectivity index (χ4v) is 3.22. The van der Waals surface area contributed by atoms with E-state index in [0.29, 0.717) is 16.3 Å². The number of anilines is 1. The molecule has 4 nitrogen and oxygen atoms in total. The van der Waals surface area contributed by atoms with Crippen molar-refractivity contribution in [1.82, 2.24) is 4.98 Å². The predicted molar refractivity (Wildman–Crippen MR) is 93.4 cm³/mol. The van der Waals surface area contributed by atoms with E-state index in [-0.39, 0.29) is 10.3 Å². The molecule has 1 aromatic heterocycles. The summed E-state index contributed by atoms with van der Waals surface area (Å²) in [5.74, 6) is 0. The van der Waals surface area contributed by atoms with Gasteiger partial charge in [0.2, 0.25) is 0 Å². The summed E-state index contributed by atoms with van der Waals surface area (Å²) in [7, 11) is -1.94. The van der Waals surface area contributed by atoms with Gasteiger partial charge in [-0.25, -0.2) is 8.42 Å². The highest BCUT2D eigenvalue weighted by Gasteiger charge is 2.18. The number of hydrogen-bond donors (Lipinski definition) is 1. The van der Waals surface area contributed by atoms with Crippen LogP contribution in [0.5, 0.6) is 0 Å². The zero-order valence-corrected chi connectivity index (χ0v) is 14.6. The third-order valence-corrected chi connectivity index (χ3v) is 4.92. The monoisotopic (exact) mass is 336 g/mol. The van der Waals surface area contributed by atoms with E-state index in [0.717, 1.165) is 5.56 Å². The van der Waals surface area contributed by atoms with Crippen LogP contribution in [0.25, 0.3) is 0 Å². The topological polar surface area (TPSA) is 59.1 Å². The Hall–Kier alpha value is -1.53. The van der Waals surface area contributed by atoms with Crippen molar-refractivity contribution < 1.29 is 8.42 Å². The van der Waals surface area contributed by atoms with Gasteiger partial charge in [0.1, 0.15) is 0 Å². The Balaban J connectivity index is 2.33. The molecule has 0 saturated carbocycles. The van der Waals surface area contributed by atoms with Crippen LogP contribution in [0.2, 0.25) is 5.02 Å². The molecule has 1 N–H and O–H groups in total. The van der Waals surface area contributed by atoms with Gasteiger partial charge < -0.3 is 0 Å². The van der Waals surface area contributed by atoms with Crippen molar-refractivity contribution in [2.24, 2.45) is 0 Å². The first kappa shape index (κ1) is 16.8. The Bertz CT molecular complexity index is 784. The van der Waals surface area contributed by atoms with Crippen LogP contribution >= 0.6 is 11.6 Å². The lowest BCUT2D eigenvalue weighted by Crippen LogP contribution is -2.21. The Morgan fingerprint density at radius 2 is 1.77 bits per heavy atom. The number of rotatable bonds is 3. The number of nitrogens with one attached hydrogen (secondary N) is 1. The molecule has 0 amide bonds. The SMILES string of the molecule is Bc1ncc(Cl)cc1NS(=O)(=O)c1ccc(C(C)(C)C)cc1. The largest absolute Gasteiger partial charge is 0.279 e. The van der Waals surface area contributed by atoms with Gasteiger partial charge in [-0.05, 0) is 29.2 Å². The number of aromatic nitrogens is 1. The summed E-state index contributed by atoms with van der Waals surface area (Å²) in [6.45, 7) is 6.24. The minimum atomic E-state index is -3.66. The van der Waals surface area contributed by atoms with E-state index in [1.807, 2.05) is 12.1 Å². The van der Waals surface area contributed by atoms with Gasteiger partial charge in [-0.15, -0.1) is 0 Å². The molecule has 1 heterocycles. The van der Waals surface area contributed by atoms with Crippen LogP contribution in [0.3, 0.4) is 0 Å². The molecule has 0 bridgehead atoms. The predicted octanol–water partition coefficient (Wildman–Crippen LogP) is 2.09. The highest BCUT2D eigenvalue weighted by molar-refractivity contribution is 7.92. The summed E-state index contributed by atoms with van der Waals surface area (Å²) in [5, 5.41) is 0.381. The molecule has 0 radical (unpaired) electrons. The lowest BCUT2D eigenvalue weighted by Gasteiger charge is -2.19. The first-order chi connectivity index (χ1) is 10.1. The summed E-state index contributed by atoms with van der Waals surface area (Å²) >= 11 is 5.87. The zero-order valence-electron chi connectivity index (χ0n) is 13.0. The minimum Gasteiger partial charge on any atom is -0.279 e. The van der Waals surface area contributed by atoms with Crippen molar-refractivity contribution in [2.45, 2.75) is 31.1 Å². The number of sulfonamides is 1. The van der Waals surface area contributed by atoms with Crippen molar-refractivity contribution in [1.29, 1.82) is 0 Å². The molecule has 0 saturated heterocycles. The maximum absolute atomic E-state index is 12.4. The molecule has 22 heavy (non-hydrogen) atoms. The van der Waals surface area contributed by atoms with Gasteiger partial charge in [-0.3, -0.25) is 9.71 Å². The first-order valence-corrected chi connectivity index (χ1v) is 8.71. The zero-order chi connectivity index (χ0) is 16.5. The molecule has 0 unspecified atom stereocenters. The molecule has 0 aliphatic rings. The summed E-state index contributed by atoms with van der Waals surface area (Å²) in [6.07, 6.45) is 1.48. The van der Waals surface area contributed by atoms with Gasteiger partial charge in [0.05, 0.1) is 15.6 Å². The smallest absolute Gasteiger partial charge is 0.261 e. The summed E-state index contributed by atoms with van der Waals surface area (Å²) in [5.41, 5.74) is 2.00. The Labute approximate surface area is 137 Å². The fourth-order valence-electron chi connectivity index (χ4n) is 1.95. The van der Waals surface area contributed by atoms with Gasteiger partial charge in [-0.1, -0.05) is 44.5 Å². The van der Waals surface area contributed by atoms with Crippen LogP contribution in [0.4, 0.5) is 5.69 Å². The normalized spacial score (nSPS) is 12.2. The van der Waals surface area contributed by atoms with Crippen LogP contribution in [0, 0.1) is 0 Å². The molecule has 0 spiro atoms. The Morgan fingerprint density at radius 1 is 1.18 bits per heavy atom. The van der Waals surface area contributed by atoms with Crippen LogP contribution in [0.1, 0.15) is 26.3 Å². The quantitative estimate of drug-likeness (QED) is 0.873. The average Bonchev–Trinajstić information content (AvgIpc) is 2.42. The summed E-state index contributed by atoms with van der Waals surface area (Å²) in [4.78, 5) is 4.25. The average molecular weight is 337 g/mol. The second-order valence-corrected chi connectivity index (χ2v) is 8.29. The van der Waals surface area contributed by atoms with Crippen molar-refractivity contribution in [3.63, 3.8) is 0 Å². The van der Waals surface area contributed by atoms with E-state index >= 15 is 0 Å². The number of benzene rings is 1. The molecule has 0 atom stereocenters. The van der Waals surface area contributed by atoms with Crippen molar-refractivity contribution in [3.05, 3.63) is 47.1 Å². The number of halogens is 1. The second kappa shape index (κ2) is 5.93. The molecule has 2 rings (SSSR count). The lowest BCUT2D eigenvalue weighted by atomic mass is 9.87. The standard InChI is InChI=1S/C15H18BClN2O2S/c1-15(2,3)10-4-6-12(7-5-10)22(20,21)19-13-8-11(17)9-18-14(13)16/h4-9,19H,16H2,1-3H3. The van der Waals surface area contributed by atoms with E-state index in [1.165, 1.54) is 6.20 Å². The fraction of sp³-hybridized carbons (Fsp3) is 0.267. The second-order valence-electron chi connectivity index (χ2n) is 6.17. The van der Waals surface area contributed by atoms with E-state index in [1.54, 1.807) is 26.0 Å². The number of nitrogens with zero attached hydrogens (tertiary/aromatic N) is 1. The number of hydrogen-bond acceptors (Lipinski definition) is 3. The molecule has 116 valence electrons. The lowest BCUT2D eigenvalue weighted by molar-refractivity contribution is 0.587. The van der Waals surface area contributed by atoms with Crippen LogP contribution in [-0.2, 0) is 15.4 Å². The molecule has 0 fully saturated rings. The van der Waals surface area contributed by atoms with Gasteiger partial charge in [0.25, 0.3) is 10.0 Å². The van der Waals surface area contributed by atoms with E-state index < -0.39 is 10.0 Å². The van der Waals surface area contributed by atoms with Gasteiger partial charge >= 0.3 is 0 Å². The third kappa shape index (κ3) is 3.81. The molecule has 1 aromatic carbocycles. The highest BCUT2D eigenvalue weighted by Crippen LogP contribution is 2.24. The van der Waals surface area contributed by atoms with Crippen molar-refractivity contribution in [2.75, 3.05) is 4.72 Å². The maximum Gasteiger partial charge on any atom is 0.261 e. The van der Waals surface area contributed by atoms with Gasteiger partial charge in [0.15, 0.2) is 7.85 Å². The highest BCUT2D eigenvalue weighted by atomic mass is 35.5. The van der Waals surface area contributed by atoms with Crippen molar-refractivity contribution in [3.8, 4) is 0 Å². The molecule has 2 aromatic rings. The molecule has 7 heteroatoms. The first-order valence-electron chi connectivity index (χ1n) is 6.85. The molecular weight excluding hydrogens is 319 g/mol. The summed E-state index contributed by atoms with van der Waals surface area (Å²) in [6, 6.07) is 8.42. The Morgan fingerprint density at radius 3 is 2.32 bits per heavy atom. The van der Waals surface area contributed by atoms with E-state index in [4.69, 9.17) is 11.6 Å². The van der Waals surface area contributed by atoms with Crippen molar-refractivity contribution >= 4 is 40.8 Å². The third-order valence-electron chi connectivity index (χ3n) is 3.33. The summed E-state index contributed by atoms with van der Waals surface area (Å²) < 4.78 is 27.4. The van der Waals surface area contributed by atoms with E-state index in [2.05, 4.69) is 30.5 Å². The number of pyridine rings is 1. The Kier molecular flexibility index (Phi) is 4.54. The van der Waals surface area contributed by atoms with Gasteiger partial charge in [-0.2, -0.15) is 0 Å². The minimum absolute atomic E-state index is 0.0246. The van der Waals surface area contributed by atoms with Gasteiger partial charge in [0, 0.05) is 11.8 Å². The van der Waals surface area contributed by atoms with Crippen LogP contribution in [0.15, 0.2) is 41.4 Å². The molecule has 0 aliphatic heterocycles. The molecular formula is C15H18BClN2O2S.